The van der Waals surface area contributed by atoms with Crippen LogP contribution in [-0.2, 0) is 0 Å². The zero-order chi connectivity index (χ0) is 14.1. The van der Waals surface area contributed by atoms with Gasteiger partial charge in [0.05, 0.1) is 7.11 Å². The van der Waals surface area contributed by atoms with Gasteiger partial charge >= 0.3 is 0 Å². The number of hydrogen-bond acceptors (Lipinski definition) is 4. The molecule has 0 bridgehead atoms. The molecule has 1 saturated carbocycles. The first kappa shape index (κ1) is 14.1. The van der Waals surface area contributed by atoms with Gasteiger partial charge in [-0.05, 0) is 30.1 Å². The zero-order valence-corrected chi connectivity index (χ0v) is 12.7. The maximum Gasteiger partial charge on any atom is 0.226 e. The molecule has 1 heterocycles. The lowest BCUT2D eigenvalue weighted by Gasteiger charge is -2.45. The highest BCUT2D eigenvalue weighted by Gasteiger charge is 2.38. The van der Waals surface area contributed by atoms with Crippen molar-refractivity contribution in [3.8, 4) is 5.88 Å². The molecule has 1 aliphatic rings. The summed E-state index contributed by atoms with van der Waals surface area (Å²) in [5.74, 6) is 1.27. The summed E-state index contributed by atoms with van der Waals surface area (Å²) in [5, 5.41) is 3.46. The van der Waals surface area contributed by atoms with Crippen LogP contribution in [0.2, 0.25) is 0 Å². The van der Waals surface area contributed by atoms with E-state index in [4.69, 9.17) is 4.74 Å². The van der Waals surface area contributed by atoms with E-state index in [1.807, 2.05) is 0 Å². The molecule has 4 heteroatoms. The predicted molar refractivity (Wildman–Crippen MR) is 77.4 cm³/mol. The molecule has 0 aromatic carbocycles. The van der Waals surface area contributed by atoms with Crippen LogP contribution in [0.1, 0.15) is 47.0 Å². The molecule has 1 aromatic rings. The first-order chi connectivity index (χ1) is 8.80. The molecule has 0 aliphatic heterocycles. The summed E-state index contributed by atoms with van der Waals surface area (Å²) in [4.78, 5) is 8.61. The normalized spacial score (nSPS) is 21.9. The van der Waals surface area contributed by atoms with Crippen LogP contribution in [0.4, 0.5) is 5.95 Å². The van der Waals surface area contributed by atoms with Gasteiger partial charge in [0.1, 0.15) is 0 Å². The summed E-state index contributed by atoms with van der Waals surface area (Å²) >= 11 is 0. The second-order valence-corrected chi connectivity index (χ2v) is 7.18. The lowest BCUT2D eigenvalue weighted by atomic mass is 9.63. The van der Waals surface area contributed by atoms with Crippen molar-refractivity contribution in [2.75, 3.05) is 12.4 Å². The fraction of sp³-hybridized carbons (Fsp3) is 0.733. The van der Waals surface area contributed by atoms with Gasteiger partial charge in [-0.1, -0.05) is 27.7 Å². The molecule has 0 amide bonds. The Labute approximate surface area is 116 Å². The Kier molecular flexibility index (Phi) is 3.70. The molecule has 1 aliphatic carbocycles. The molecule has 0 spiro atoms. The molecule has 0 unspecified atom stereocenters. The molecule has 0 saturated heterocycles. The van der Waals surface area contributed by atoms with Crippen molar-refractivity contribution in [3.63, 3.8) is 0 Å². The van der Waals surface area contributed by atoms with Crippen LogP contribution in [0.25, 0.3) is 0 Å². The SMILES string of the molecule is COc1ccnc(NC2CC(C)(C)CC(C)(C)C2)n1. The fourth-order valence-electron chi connectivity index (χ4n) is 3.66. The molecule has 1 fully saturated rings. The molecular weight excluding hydrogens is 238 g/mol. The second kappa shape index (κ2) is 4.99. The van der Waals surface area contributed by atoms with Crippen LogP contribution in [0, 0.1) is 10.8 Å². The monoisotopic (exact) mass is 263 g/mol. The van der Waals surface area contributed by atoms with Crippen LogP contribution in [0.5, 0.6) is 5.88 Å². The summed E-state index contributed by atoms with van der Waals surface area (Å²) in [5.41, 5.74) is 0.719. The third-order valence-electron chi connectivity index (χ3n) is 3.73. The van der Waals surface area contributed by atoms with Gasteiger partial charge in [0.25, 0.3) is 0 Å². The number of methoxy groups -OCH3 is 1. The lowest BCUT2D eigenvalue weighted by molar-refractivity contribution is 0.105. The molecule has 0 radical (unpaired) electrons. The Morgan fingerprint density at radius 2 is 1.84 bits per heavy atom. The van der Waals surface area contributed by atoms with Crippen molar-refractivity contribution in [1.82, 2.24) is 9.97 Å². The van der Waals surface area contributed by atoms with Gasteiger partial charge in [-0.2, -0.15) is 4.98 Å². The van der Waals surface area contributed by atoms with E-state index < -0.39 is 0 Å². The third kappa shape index (κ3) is 3.82. The number of nitrogens with zero attached hydrogens (tertiary/aromatic N) is 2. The number of anilines is 1. The van der Waals surface area contributed by atoms with Crippen LogP contribution in [0.15, 0.2) is 12.3 Å². The summed E-state index contributed by atoms with van der Waals surface area (Å²) in [6.45, 7) is 9.37. The van der Waals surface area contributed by atoms with Gasteiger partial charge < -0.3 is 10.1 Å². The summed E-state index contributed by atoms with van der Waals surface area (Å²) in [7, 11) is 1.62. The van der Waals surface area contributed by atoms with Gasteiger partial charge in [0, 0.05) is 18.3 Å². The highest BCUT2D eigenvalue weighted by atomic mass is 16.5. The van der Waals surface area contributed by atoms with Gasteiger partial charge in [0.15, 0.2) is 0 Å². The van der Waals surface area contributed by atoms with Crippen molar-refractivity contribution >= 4 is 5.95 Å². The van der Waals surface area contributed by atoms with Gasteiger partial charge in [-0.15, -0.1) is 0 Å². The smallest absolute Gasteiger partial charge is 0.226 e. The zero-order valence-electron chi connectivity index (χ0n) is 12.7. The highest BCUT2D eigenvalue weighted by Crippen LogP contribution is 2.46. The summed E-state index contributed by atoms with van der Waals surface area (Å²) in [6, 6.07) is 2.19. The Bertz CT molecular complexity index is 427. The molecule has 4 nitrogen and oxygen atoms in total. The van der Waals surface area contributed by atoms with Crippen molar-refractivity contribution in [2.24, 2.45) is 10.8 Å². The predicted octanol–water partition coefficient (Wildman–Crippen LogP) is 3.50. The molecule has 1 N–H and O–H groups in total. The molecular formula is C15H25N3O. The summed E-state index contributed by atoms with van der Waals surface area (Å²) in [6.07, 6.45) is 5.29. The van der Waals surface area contributed by atoms with Crippen molar-refractivity contribution in [3.05, 3.63) is 12.3 Å². The molecule has 2 rings (SSSR count). The van der Waals surface area contributed by atoms with Crippen LogP contribution < -0.4 is 10.1 Å². The quantitative estimate of drug-likeness (QED) is 0.906. The van der Waals surface area contributed by atoms with Crippen molar-refractivity contribution in [1.29, 1.82) is 0 Å². The lowest BCUT2D eigenvalue weighted by Crippen LogP contribution is -2.40. The molecule has 0 atom stereocenters. The van der Waals surface area contributed by atoms with Gasteiger partial charge in [0.2, 0.25) is 11.8 Å². The maximum atomic E-state index is 5.13. The van der Waals surface area contributed by atoms with Gasteiger partial charge in [-0.25, -0.2) is 4.98 Å². The van der Waals surface area contributed by atoms with Gasteiger partial charge in [-0.3, -0.25) is 0 Å². The number of ether oxygens (including phenoxy) is 1. The minimum atomic E-state index is 0.359. The summed E-state index contributed by atoms with van der Waals surface area (Å²) < 4.78 is 5.13. The second-order valence-electron chi connectivity index (χ2n) is 7.18. The first-order valence-corrected chi connectivity index (χ1v) is 6.93. The van der Waals surface area contributed by atoms with E-state index in [-0.39, 0.29) is 0 Å². The third-order valence-corrected chi connectivity index (χ3v) is 3.73. The average Bonchev–Trinajstić information content (AvgIpc) is 2.24. The van der Waals surface area contributed by atoms with E-state index in [1.165, 1.54) is 6.42 Å². The Balaban J connectivity index is 2.09. The van der Waals surface area contributed by atoms with E-state index >= 15 is 0 Å². The Hall–Kier alpha value is -1.32. The van der Waals surface area contributed by atoms with Crippen LogP contribution >= 0.6 is 0 Å². The number of nitrogens with one attached hydrogen (secondary N) is 1. The largest absolute Gasteiger partial charge is 0.481 e. The van der Waals surface area contributed by atoms with Crippen molar-refractivity contribution in [2.45, 2.75) is 53.0 Å². The highest BCUT2D eigenvalue weighted by molar-refractivity contribution is 5.29. The van der Waals surface area contributed by atoms with E-state index in [9.17, 15) is 0 Å². The Morgan fingerprint density at radius 1 is 1.21 bits per heavy atom. The number of rotatable bonds is 3. The average molecular weight is 263 g/mol. The number of aromatic nitrogens is 2. The van der Waals surface area contributed by atoms with Crippen LogP contribution in [0.3, 0.4) is 0 Å². The van der Waals surface area contributed by atoms with Crippen molar-refractivity contribution < 1.29 is 4.74 Å². The van der Waals surface area contributed by atoms with E-state index in [1.54, 1.807) is 19.4 Å². The fourth-order valence-corrected chi connectivity index (χ4v) is 3.66. The standard InChI is InChI=1S/C15H25N3O/c1-14(2)8-11(9-15(3,4)10-14)17-13-16-7-6-12(18-13)19-5/h6-7,11H,8-10H2,1-5H3,(H,16,17,18). The maximum absolute atomic E-state index is 5.13. The minimum absolute atomic E-state index is 0.359. The van der Waals surface area contributed by atoms with E-state index in [0.717, 1.165) is 12.8 Å². The van der Waals surface area contributed by atoms with E-state index in [2.05, 4.69) is 43.0 Å². The van der Waals surface area contributed by atoms with E-state index in [0.29, 0.717) is 28.7 Å². The first-order valence-electron chi connectivity index (χ1n) is 6.93. The topological polar surface area (TPSA) is 47.0 Å². The number of hydrogen-bond donors (Lipinski definition) is 1. The minimum Gasteiger partial charge on any atom is -0.481 e. The molecule has 1 aromatic heterocycles. The molecule has 106 valence electrons. The Morgan fingerprint density at radius 3 is 2.42 bits per heavy atom. The van der Waals surface area contributed by atoms with Crippen LogP contribution in [-0.4, -0.2) is 23.1 Å². The molecule has 19 heavy (non-hydrogen) atoms.